The summed E-state index contributed by atoms with van der Waals surface area (Å²) < 4.78 is 5.36. The lowest BCUT2D eigenvalue weighted by Gasteiger charge is -2.23. The first-order valence-corrected chi connectivity index (χ1v) is 11.7. The smallest absolute Gasteiger partial charge is 0.407 e. The lowest BCUT2D eigenvalue weighted by atomic mass is 9.95. The van der Waals surface area contributed by atoms with Gasteiger partial charge in [0.05, 0.1) is 17.2 Å². The van der Waals surface area contributed by atoms with Gasteiger partial charge in [-0.25, -0.2) is 4.79 Å². The summed E-state index contributed by atoms with van der Waals surface area (Å²) in [6, 6.07) is 20.5. The summed E-state index contributed by atoms with van der Waals surface area (Å²) in [6.07, 6.45) is -0.463. The molecule has 0 bridgehead atoms. The second-order valence-corrected chi connectivity index (χ2v) is 9.84. The Hall–Kier alpha value is -3.93. The first-order valence-electron chi connectivity index (χ1n) is 11.7. The van der Waals surface area contributed by atoms with Crippen LogP contribution in [-0.4, -0.2) is 28.4 Å². The molecule has 4 rings (SSSR count). The van der Waals surface area contributed by atoms with Gasteiger partial charge in [-0.1, -0.05) is 60.2 Å². The fourth-order valence-corrected chi connectivity index (χ4v) is 4.28. The Morgan fingerprint density at radius 1 is 0.914 bits per heavy atom. The number of benzene rings is 3. The molecule has 0 saturated carbocycles. The van der Waals surface area contributed by atoms with Crippen LogP contribution < -0.4 is 5.32 Å². The third kappa shape index (κ3) is 5.11. The van der Waals surface area contributed by atoms with E-state index in [1.54, 1.807) is 24.3 Å². The molecule has 1 aliphatic rings. The van der Waals surface area contributed by atoms with Gasteiger partial charge in [0.25, 0.3) is 11.8 Å². The fraction of sp³-hybridized carbons (Fsp3) is 0.276. The SMILES string of the molecule is Cc1ccc(-c2ccc([C@@H](C)N3C(=O)c4ccccc4C3=O)cc2)c(CNC(=O)OC(C)(C)C)c1. The molecule has 1 heterocycles. The Balaban J connectivity index is 1.54. The highest BCUT2D eigenvalue weighted by Crippen LogP contribution is 2.33. The van der Waals surface area contributed by atoms with Gasteiger partial charge in [0, 0.05) is 6.54 Å². The Kier molecular flexibility index (Phi) is 6.48. The topological polar surface area (TPSA) is 75.7 Å². The number of imide groups is 1. The molecule has 6 nitrogen and oxygen atoms in total. The maximum absolute atomic E-state index is 12.9. The predicted octanol–water partition coefficient (Wildman–Crippen LogP) is 6.04. The van der Waals surface area contributed by atoms with Crippen molar-refractivity contribution in [1.29, 1.82) is 0 Å². The molecule has 6 heteroatoms. The number of alkyl carbamates (subject to hydrolysis) is 1. The molecule has 3 aromatic rings. The average Bonchev–Trinajstić information content (AvgIpc) is 3.06. The van der Waals surface area contributed by atoms with Crippen LogP contribution >= 0.6 is 0 Å². The van der Waals surface area contributed by atoms with Gasteiger partial charge in [-0.05, 0) is 69.0 Å². The summed E-state index contributed by atoms with van der Waals surface area (Å²) in [5.41, 5.74) is 5.22. The number of hydrogen-bond donors (Lipinski definition) is 1. The number of aryl methyl sites for hydroxylation is 1. The molecule has 180 valence electrons. The van der Waals surface area contributed by atoms with Crippen molar-refractivity contribution in [2.75, 3.05) is 0 Å². The first-order chi connectivity index (χ1) is 16.5. The van der Waals surface area contributed by atoms with Crippen LogP contribution in [0.4, 0.5) is 4.79 Å². The van der Waals surface area contributed by atoms with Crippen molar-refractivity contribution in [2.45, 2.75) is 52.8 Å². The van der Waals surface area contributed by atoms with E-state index in [9.17, 15) is 14.4 Å². The highest BCUT2D eigenvalue weighted by molar-refractivity contribution is 6.21. The molecule has 0 fully saturated rings. The fourth-order valence-electron chi connectivity index (χ4n) is 4.28. The molecule has 0 aliphatic carbocycles. The Bertz CT molecular complexity index is 1250. The van der Waals surface area contributed by atoms with E-state index in [1.807, 2.05) is 77.1 Å². The molecule has 0 aromatic heterocycles. The van der Waals surface area contributed by atoms with E-state index in [1.165, 1.54) is 4.90 Å². The Morgan fingerprint density at radius 2 is 1.51 bits per heavy atom. The minimum absolute atomic E-state index is 0.267. The molecule has 0 saturated heterocycles. The second kappa shape index (κ2) is 9.37. The number of rotatable bonds is 5. The van der Waals surface area contributed by atoms with Gasteiger partial charge in [-0.3, -0.25) is 14.5 Å². The molecule has 0 radical (unpaired) electrons. The van der Waals surface area contributed by atoms with Crippen LogP contribution in [0.1, 0.15) is 71.1 Å². The van der Waals surface area contributed by atoms with Crippen LogP contribution in [0.3, 0.4) is 0 Å². The molecule has 1 aliphatic heterocycles. The van der Waals surface area contributed by atoms with E-state index in [0.29, 0.717) is 17.7 Å². The Labute approximate surface area is 205 Å². The highest BCUT2D eigenvalue weighted by Gasteiger charge is 2.38. The number of hydrogen-bond acceptors (Lipinski definition) is 4. The maximum atomic E-state index is 12.9. The van der Waals surface area contributed by atoms with E-state index in [-0.39, 0.29) is 11.8 Å². The van der Waals surface area contributed by atoms with Crippen LogP contribution in [0.2, 0.25) is 0 Å². The Morgan fingerprint density at radius 3 is 2.09 bits per heavy atom. The van der Waals surface area contributed by atoms with Crippen molar-refractivity contribution >= 4 is 17.9 Å². The second-order valence-electron chi connectivity index (χ2n) is 9.84. The van der Waals surface area contributed by atoms with Gasteiger partial charge >= 0.3 is 6.09 Å². The standard InChI is InChI=1S/C29H30N2O4/c1-18-10-15-23(22(16-18)17-30-28(34)35-29(3,4)5)21-13-11-20(12-14-21)19(2)31-26(32)24-8-6-7-9-25(24)27(31)33/h6-16,19H,17H2,1-5H3,(H,30,34)/t19-/m1/s1. The molecule has 3 amide bonds. The number of carbonyl (C=O) groups is 3. The van der Waals surface area contributed by atoms with Gasteiger partial charge < -0.3 is 10.1 Å². The van der Waals surface area contributed by atoms with Crippen molar-refractivity contribution in [2.24, 2.45) is 0 Å². The van der Waals surface area contributed by atoms with Gasteiger partial charge in [-0.2, -0.15) is 0 Å². The minimum Gasteiger partial charge on any atom is -0.444 e. The molecule has 1 N–H and O–H groups in total. The van der Waals surface area contributed by atoms with E-state index < -0.39 is 17.7 Å². The summed E-state index contributed by atoms with van der Waals surface area (Å²) in [5.74, 6) is -0.535. The highest BCUT2D eigenvalue weighted by atomic mass is 16.6. The molecule has 35 heavy (non-hydrogen) atoms. The number of carbonyl (C=O) groups excluding carboxylic acids is 3. The predicted molar refractivity (Wildman–Crippen MR) is 135 cm³/mol. The lowest BCUT2D eigenvalue weighted by molar-refractivity contribution is 0.0521. The van der Waals surface area contributed by atoms with Gasteiger partial charge in [0.1, 0.15) is 5.60 Å². The van der Waals surface area contributed by atoms with Gasteiger partial charge in [-0.15, -0.1) is 0 Å². The zero-order chi connectivity index (χ0) is 25.3. The van der Waals surface area contributed by atoms with Crippen molar-refractivity contribution in [1.82, 2.24) is 10.2 Å². The van der Waals surface area contributed by atoms with Crippen molar-refractivity contribution < 1.29 is 19.1 Å². The number of nitrogens with one attached hydrogen (secondary N) is 1. The number of ether oxygens (including phenoxy) is 1. The minimum atomic E-state index is -0.564. The third-order valence-electron chi connectivity index (χ3n) is 6.00. The summed E-state index contributed by atoms with van der Waals surface area (Å²) in [7, 11) is 0. The van der Waals surface area contributed by atoms with Gasteiger partial charge in [0.15, 0.2) is 0 Å². The zero-order valence-corrected chi connectivity index (χ0v) is 20.7. The number of fused-ring (bicyclic) bond motifs is 1. The van der Waals surface area contributed by atoms with E-state index in [0.717, 1.165) is 27.8 Å². The molecular formula is C29H30N2O4. The zero-order valence-electron chi connectivity index (χ0n) is 20.7. The van der Waals surface area contributed by atoms with E-state index >= 15 is 0 Å². The summed E-state index contributed by atoms with van der Waals surface area (Å²) in [4.78, 5) is 39.2. The van der Waals surface area contributed by atoms with Crippen molar-refractivity contribution in [3.8, 4) is 11.1 Å². The first kappa shape index (κ1) is 24.2. The van der Waals surface area contributed by atoms with Crippen LogP contribution in [0.25, 0.3) is 11.1 Å². The third-order valence-corrected chi connectivity index (χ3v) is 6.00. The molecule has 0 spiro atoms. The van der Waals surface area contributed by atoms with Crippen LogP contribution in [0.15, 0.2) is 66.7 Å². The van der Waals surface area contributed by atoms with Crippen LogP contribution in [0.5, 0.6) is 0 Å². The van der Waals surface area contributed by atoms with E-state index in [2.05, 4.69) is 5.32 Å². The number of amides is 3. The largest absolute Gasteiger partial charge is 0.444 e. The van der Waals surface area contributed by atoms with Crippen LogP contribution in [-0.2, 0) is 11.3 Å². The molecule has 0 unspecified atom stereocenters. The van der Waals surface area contributed by atoms with Crippen molar-refractivity contribution in [3.63, 3.8) is 0 Å². The summed E-state index contributed by atoms with van der Waals surface area (Å²) in [6.45, 7) is 9.69. The normalized spacial score (nSPS) is 14.0. The quantitative estimate of drug-likeness (QED) is 0.461. The average molecular weight is 471 g/mol. The molecular weight excluding hydrogens is 440 g/mol. The summed E-state index contributed by atoms with van der Waals surface area (Å²) in [5, 5.41) is 2.84. The monoisotopic (exact) mass is 470 g/mol. The molecule has 1 atom stereocenters. The van der Waals surface area contributed by atoms with Gasteiger partial charge in [0.2, 0.25) is 0 Å². The summed E-state index contributed by atoms with van der Waals surface area (Å²) >= 11 is 0. The van der Waals surface area contributed by atoms with Crippen LogP contribution in [0, 0.1) is 6.92 Å². The van der Waals surface area contributed by atoms with Crippen molar-refractivity contribution in [3.05, 3.63) is 94.5 Å². The number of nitrogens with zero attached hydrogens (tertiary/aromatic N) is 1. The molecule has 3 aromatic carbocycles. The van der Waals surface area contributed by atoms with E-state index in [4.69, 9.17) is 4.74 Å². The lowest BCUT2D eigenvalue weighted by Crippen LogP contribution is -2.32. The maximum Gasteiger partial charge on any atom is 0.407 e.